The lowest BCUT2D eigenvalue weighted by molar-refractivity contribution is -0.139. The van der Waals surface area contributed by atoms with Crippen molar-refractivity contribution in [2.45, 2.75) is 77.8 Å². The second-order valence-corrected chi connectivity index (χ2v) is 12.5. The second kappa shape index (κ2) is 14.3. The summed E-state index contributed by atoms with van der Waals surface area (Å²) in [6.45, 7) is 11.3. The molecule has 2 atom stereocenters. The smallest absolute Gasteiger partial charge is 0.264 e. The highest BCUT2D eigenvalue weighted by atomic mass is 32.2. The number of hydrogen-bond donors (Lipinski definition) is 1. The second-order valence-electron chi connectivity index (χ2n) is 10.6. The average Bonchev–Trinajstić information content (AvgIpc) is 2.96. The fourth-order valence-electron chi connectivity index (χ4n) is 4.69. The van der Waals surface area contributed by atoms with Gasteiger partial charge < -0.3 is 10.2 Å². The highest BCUT2D eigenvalue weighted by Crippen LogP contribution is 2.29. The molecule has 0 bridgehead atoms. The molecule has 1 N–H and O–H groups in total. The van der Waals surface area contributed by atoms with Gasteiger partial charge in [0, 0.05) is 12.6 Å². The first kappa shape index (κ1) is 31.9. The third-order valence-electron chi connectivity index (χ3n) is 7.60. The van der Waals surface area contributed by atoms with Crippen LogP contribution >= 0.6 is 0 Å². The standard InChI is InChI=1S/C33H43N3O4S/c1-7-26(5)34-33(38)30(8-2)35(22-21-28-14-10-9-11-15-28)32(37)23-36(31-16-12-13-25(4)27(31)6)41(39,40)29-19-17-24(3)18-20-29/h9-20,26,30H,7-8,21-23H2,1-6H3,(H,34,38)/t26-,30+/m0/s1. The van der Waals surface area contributed by atoms with Crippen molar-refractivity contribution in [2.75, 3.05) is 17.4 Å². The molecule has 0 heterocycles. The number of nitrogens with one attached hydrogen (secondary N) is 1. The minimum Gasteiger partial charge on any atom is -0.352 e. The lowest BCUT2D eigenvalue weighted by atomic mass is 10.1. The Hall–Kier alpha value is -3.65. The Morgan fingerprint density at radius 2 is 1.51 bits per heavy atom. The molecule has 3 aromatic carbocycles. The van der Waals surface area contributed by atoms with Gasteiger partial charge in [-0.3, -0.25) is 13.9 Å². The van der Waals surface area contributed by atoms with Gasteiger partial charge in [-0.15, -0.1) is 0 Å². The SMILES string of the molecule is CC[C@H](C(=O)N[C@@H](C)CC)N(CCc1ccccc1)C(=O)CN(c1cccc(C)c1C)S(=O)(=O)c1ccc(C)cc1. The molecule has 0 unspecified atom stereocenters. The molecule has 0 aliphatic rings. The normalized spacial score (nSPS) is 12.8. The van der Waals surface area contributed by atoms with Crippen LogP contribution in [0.5, 0.6) is 0 Å². The first-order valence-corrected chi connectivity index (χ1v) is 15.7. The van der Waals surface area contributed by atoms with Crippen LogP contribution in [0.15, 0.2) is 77.7 Å². The van der Waals surface area contributed by atoms with Gasteiger partial charge in [-0.05, 0) is 81.8 Å². The van der Waals surface area contributed by atoms with Crippen LogP contribution in [0.3, 0.4) is 0 Å². The van der Waals surface area contributed by atoms with Crippen molar-refractivity contribution >= 4 is 27.5 Å². The summed E-state index contributed by atoms with van der Waals surface area (Å²) < 4.78 is 29.3. The van der Waals surface area contributed by atoms with Gasteiger partial charge >= 0.3 is 0 Å². The van der Waals surface area contributed by atoms with Crippen LogP contribution in [0.25, 0.3) is 0 Å². The Bertz CT molecular complexity index is 1420. The van der Waals surface area contributed by atoms with E-state index >= 15 is 0 Å². The van der Waals surface area contributed by atoms with E-state index in [1.54, 1.807) is 41.3 Å². The molecule has 3 aromatic rings. The molecular formula is C33H43N3O4S. The summed E-state index contributed by atoms with van der Waals surface area (Å²) in [5.74, 6) is -0.661. The summed E-state index contributed by atoms with van der Waals surface area (Å²) in [4.78, 5) is 29.2. The molecule has 0 spiro atoms. The molecule has 41 heavy (non-hydrogen) atoms. The molecule has 7 nitrogen and oxygen atoms in total. The number of carbonyl (C=O) groups is 2. The van der Waals surface area contributed by atoms with Crippen molar-refractivity contribution in [1.82, 2.24) is 10.2 Å². The van der Waals surface area contributed by atoms with Crippen LogP contribution < -0.4 is 9.62 Å². The van der Waals surface area contributed by atoms with E-state index in [0.717, 1.165) is 28.7 Å². The third kappa shape index (κ3) is 7.97. The molecule has 220 valence electrons. The van der Waals surface area contributed by atoms with E-state index < -0.39 is 28.5 Å². The molecular weight excluding hydrogens is 534 g/mol. The summed E-state index contributed by atoms with van der Waals surface area (Å²) in [5, 5.41) is 3.01. The van der Waals surface area contributed by atoms with Gasteiger partial charge in [0.2, 0.25) is 11.8 Å². The van der Waals surface area contributed by atoms with E-state index in [1.165, 1.54) is 4.31 Å². The van der Waals surface area contributed by atoms with Crippen molar-refractivity contribution in [2.24, 2.45) is 0 Å². The molecule has 8 heteroatoms. The van der Waals surface area contributed by atoms with Crippen LogP contribution in [0, 0.1) is 20.8 Å². The molecule has 0 aliphatic heterocycles. The lowest BCUT2D eigenvalue weighted by Crippen LogP contribution is -2.54. The zero-order chi connectivity index (χ0) is 30.2. The number of aryl methyl sites for hydroxylation is 2. The highest BCUT2D eigenvalue weighted by Gasteiger charge is 2.34. The van der Waals surface area contributed by atoms with Gasteiger partial charge in [-0.25, -0.2) is 8.42 Å². The molecule has 0 aliphatic carbocycles. The van der Waals surface area contributed by atoms with Crippen LogP contribution in [0.4, 0.5) is 5.69 Å². The number of sulfonamides is 1. The number of hydrogen-bond acceptors (Lipinski definition) is 4. The molecule has 0 saturated heterocycles. The van der Waals surface area contributed by atoms with Gasteiger partial charge in [0.05, 0.1) is 10.6 Å². The molecule has 0 saturated carbocycles. The maximum Gasteiger partial charge on any atom is 0.264 e. The summed E-state index contributed by atoms with van der Waals surface area (Å²) in [7, 11) is -4.10. The van der Waals surface area contributed by atoms with Crippen molar-refractivity contribution in [3.8, 4) is 0 Å². The average molecular weight is 578 g/mol. The number of benzene rings is 3. The molecule has 0 radical (unpaired) electrons. The predicted octanol–water partition coefficient (Wildman–Crippen LogP) is 5.57. The molecule has 0 aromatic heterocycles. The van der Waals surface area contributed by atoms with Crippen molar-refractivity contribution in [1.29, 1.82) is 0 Å². The largest absolute Gasteiger partial charge is 0.352 e. The van der Waals surface area contributed by atoms with Gasteiger partial charge in [0.1, 0.15) is 12.6 Å². The van der Waals surface area contributed by atoms with Crippen LogP contribution in [-0.2, 0) is 26.0 Å². The van der Waals surface area contributed by atoms with E-state index in [1.807, 2.05) is 77.9 Å². The molecule has 2 amide bonds. The summed E-state index contributed by atoms with van der Waals surface area (Å²) in [5.41, 5.74) is 4.09. The number of amides is 2. The van der Waals surface area contributed by atoms with Crippen molar-refractivity contribution in [3.05, 3.63) is 95.1 Å². The van der Waals surface area contributed by atoms with Gasteiger partial charge in [-0.2, -0.15) is 0 Å². The maximum atomic E-state index is 14.2. The first-order valence-electron chi connectivity index (χ1n) is 14.3. The van der Waals surface area contributed by atoms with E-state index in [2.05, 4.69) is 5.32 Å². The van der Waals surface area contributed by atoms with E-state index in [4.69, 9.17) is 0 Å². The monoisotopic (exact) mass is 577 g/mol. The van der Waals surface area contributed by atoms with Crippen molar-refractivity contribution < 1.29 is 18.0 Å². The summed E-state index contributed by atoms with van der Waals surface area (Å²) >= 11 is 0. The Balaban J connectivity index is 2.05. The Labute approximate surface area is 245 Å². The molecule has 0 fully saturated rings. The lowest BCUT2D eigenvalue weighted by Gasteiger charge is -2.34. The van der Waals surface area contributed by atoms with Crippen molar-refractivity contribution in [3.63, 3.8) is 0 Å². The Kier molecular flexibility index (Phi) is 11.1. The number of anilines is 1. The maximum absolute atomic E-state index is 14.2. The number of rotatable bonds is 13. The zero-order valence-corrected chi connectivity index (χ0v) is 25.9. The van der Waals surface area contributed by atoms with Gasteiger partial charge in [-0.1, -0.05) is 74.0 Å². The topological polar surface area (TPSA) is 86.8 Å². The number of nitrogens with zero attached hydrogens (tertiary/aromatic N) is 2. The summed E-state index contributed by atoms with van der Waals surface area (Å²) in [6, 6.07) is 21.0. The van der Waals surface area contributed by atoms with Crippen LogP contribution in [0.1, 0.15) is 55.9 Å². The third-order valence-corrected chi connectivity index (χ3v) is 9.38. The van der Waals surface area contributed by atoms with E-state index in [9.17, 15) is 18.0 Å². The fourth-order valence-corrected chi connectivity index (χ4v) is 6.17. The fraction of sp³-hybridized carbons (Fsp3) is 0.394. The number of carbonyl (C=O) groups excluding carboxylic acids is 2. The highest BCUT2D eigenvalue weighted by molar-refractivity contribution is 7.92. The summed E-state index contributed by atoms with van der Waals surface area (Å²) in [6.07, 6.45) is 1.69. The Morgan fingerprint density at radius 1 is 0.854 bits per heavy atom. The quantitative estimate of drug-likeness (QED) is 0.288. The minimum atomic E-state index is -4.10. The van der Waals surface area contributed by atoms with Gasteiger partial charge in [0.25, 0.3) is 10.0 Å². The van der Waals surface area contributed by atoms with Gasteiger partial charge in [0.15, 0.2) is 0 Å². The minimum absolute atomic E-state index is 0.0454. The Morgan fingerprint density at radius 3 is 2.12 bits per heavy atom. The van der Waals surface area contributed by atoms with Crippen LogP contribution in [-0.4, -0.2) is 50.3 Å². The predicted molar refractivity (Wildman–Crippen MR) is 165 cm³/mol. The molecule has 3 rings (SSSR count). The van der Waals surface area contributed by atoms with Crippen LogP contribution in [0.2, 0.25) is 0 Å². The zero-order valence-electron chi connectivity index (χ0n) is 25.1. The van der Waals surface area contributed by atoms with E-state index in [0.29, 0.717) is 18.5 Å². The van der Waals surface area contributed by atoms with E-state index in [-0.39, 0.29) is 23.4 Å². The first-order chi connectivity index (χ1) is 19.5.